The van der Waals surface area contributed by atoms with Crippen LogP contribution in [0, 0.1) is 5.41 Å². The maximum Gasteiger partial charge on any atom is 0.166 e. The molecule has 0 radical (unpaired) electrons. The lowest BCUT2D eigenvalue weighted by Crippen LogP contribution is -2.08. The third-order valence-corrected chi connectivity index (χ3v) is 3.78. The average molecular weight is 292 g/mol. The van der Waals surface area contributed by atoms with E-state index in [4.69, 9.17) is 15.9 Å². The maximum atomic E-state index is 7.16. The molecule has 2 aromatic rings. The molecule has 0 amide bonds. The molecule has 20 heavy (non-hydrogen) atoms. The van der Waals surface area contributed by atoms with Crippen LogP contribution >= 0.6 is 11.8 Å². The maximum absolute atomic E-state index is 7.16. The van der Waals surface area contributed by atoms with Gasteiger partial charge in [-0.2, -0.15) is 0 Å². The first kappa shape index (κ1) is 14.7. The highest BCUT2D eigenvalue weighted by atomic mass is 32.2. The monoisotopic (exact) mass is 292 g/mol. The van der Waals surface area contributed by atoms with Crippen molar-refractivity contribution in [3.8, 4) is 5.75 Å². The van der Waals surface area contributed by atoms with Crippen LogP contribution in [0.5, 0.6) is 5.75 Å². The molecule has 0 aliphatic carbocycles. The quantitative estimate of drug-likeness (QED) is 0.302. The lowest BCUT2D eigenvalue weighted by molar-refractivity contribution is 0.340. The number of amidine groups is 1. The van der Waals surface area contributed by atoms with Crippen LogP contribution in [0.15, 0.2) is 23.4 Å². The summed E-state index contributed by atoms with van der Waals surface area (Å²) in [6, 6.07) is 5.89. The summed E-state index contributed by atoms with van der Waals surface area (Å²) >= 11 is 1.70. The van der Waals surface area contributed by atoms with Crippen molar-refractivity contribution in [2.24, 2.45) is 5.73 Å². The van der Waals surface area contributed by atoms with E-state index in [1.807, 2.05) is 25.1 Å². The first-order valence-electron chi connectivity index (χ1n) is 6.77. The summed E-state index contributed by atoms with van der Waals surface area (Å²) in [4.78, 5) is 7.83. The highest BCUT2D eigenvalue weighted by Crippen LogP contribution is 2.23. The Labute approximate surface area is 122 Å². The number of rotatable bonds is 8. The Morgan fingerprint density at radius 1 is 1.45 bits per heavy atom. The van der Waals surface area contributed by atoms with Crippen molar-refractivity contribution in [1.29, 1.82) is 5.41 Å². The minimum absolute atomic E-state index is 0.266. The van der Waals surface area contributed by atoms with Crippen molar-refractivity contribution in [3.05, 3.63) is 18.2 Å². The second kappa shape index (κ2) is 7.19. The Bertz CT molecular complexity index is 582. The molecule has 108 valence electrons. The van der Waals surface area contributed by atoms with Gasteiger partial charge in [-0.25, -0.2) is 4.98 Å². The Morgan fingerprint density at radius 3 is 3.05 bits per heavy atom. The zero-order valence-electron chi connectivity index (χ0n) is 11.6. The number of nitrogens with one attached hydrogen (secondary N) is 2. The average Bonchev–Trinajstić information content (AvgIpc) is 2.80. The van der Waals surface area contributed by atoms with Crippen molar-refractivity contribution < 1.29 is 4.74 Å². The fourth-order valence-corrected chi connectivity index (χ4v) is 2.76. The van der Waals surface area contributed by atoms with Gasteiger partial charge in [0, 0.05) is 18.2 Å². The number of fused-ring (bicyclic) bond motifs is 1. The highest BCUT2D eigenvalue weighted by Gasteiger charge is 2.04. The van der Waals surface area contributed by atoms with Gasteiger partial charge in [0.25, 0.3) is 0 Å². The fraction of sp³-hybridized carbons (Fsp3) is 0.429. The number of aromatic nitrogens is 2. The van der Waals surface area contributed by atoms with Gasteiger partial charge in [0.1, 0.15) is 5.75 Å². The van der Waals surface area contributed by atoms with Crippen LogP contribution in [0.2, 0.25) is 0 Å². The predicted octanol–water partition coefficient (Wildman–Crippen LogP) is 3.16. The van der Waals surface area contributed by atoms with Crippen molar-refractivity contribution in [1.82, 2.24) is 9.97 Å². The van der Waals surface area contributed by atoms with Crippen molar-refractivity contribution >= 4 is 28.6 Å². The number of benzene rings is 1. The van der Waals surface area contributed by atoms with Crippen LogP contribution in [0.3, 0.4) is 0 Å². The Balaban J connectivity index is 1.89. The van der Waals surface area contributed by atoms with Crippen LogP contribution in [0.1, 0.15) is 26.2 Å². The highest BCUT2D eigenvalue weighted by molar-refractivity contribution is 7.99. The number of ether oxygens (including phenoxy) is 1. The van der Waals surface area contributed by atoms with Gasteiger partial charge in [-0.1, -0.05) is 11.8 Å². The van der Waals surface area contributed by atoms with Gasteiger partial charge in [0.05, 0.1) is 23.5 Å². The molecular formula is C14H20N4OS. The zero-order chi connectivity index (χ0) is 14.4. The SMILES string of the molecule is CCOc1ccc2nc(SCCCCC(=N)N)[nH]c2c1. The van der Waals surface area contributed by atoms with Gasteiger partial charge in [-0.3, -0.25) is 5.41 Å². The number of imidazole rings is 1. The minimum Gasteiger partial charge on any atom is -0.494 e. The fourth-order valence-electron chi connectivity index (χ4n) is 1.88. The van der Waals surface area contributed by atoms with E-state index in [1.165, 1.54) is 0 Å². The van der Waals surface area contributed by atoms with Gasteiger partial charge in [-0.15, -0.1) is 0 Å². The molecular weight excluding hydrogens is 272 g/mol. The molecule has 0 unspecified atom stereocenters. The second-order valence-corrected chi connectivity index (χ2v) is 5.57. The summed E-state index contributed by atoms with van der Waals surface area (Å²) in [6.07, 6.45) is 2.67. The van der Waals surface area contributed by atoms with E-state index in [2.05, 4.69) is 9.97 Å². The molecule has 4 N–H and O–H groups in total. The van der Waals surface area contributed by atoms with Gasteiger partial charge < -0.3 is 15.5 Å². The molecule has 1 aromatic carbocycles. The van der Waals surface area contributed by atoms with Gasteiger partial charge >= 0.3 is 0 Å². The number of aromatic amines is 1. The predicted molar refractivity (Wildman–Crippen MR) is 83.8 cm³/mol. The van der Waals surface area contributed by atoms with Gasteiger partial charge in [0.2, 0.25) is 0 Å². The zero-order valence-corrected chi connectivity index (χ0v) is 12.4. The van der Waals surface area contributed by atoms with E-state index < -0.39 is 0 Å². The van der Waals surface area contributed by atoms with Crippen LogP contribution in [-0.2, 0) is 0 Å². The Morgan fingerprint density at radius 2 is 2.30 bits per heavy atom. The molecule has 0 atom stereocenters. The first-order chi connectivity index (χ1) is 9.69. The summed E-state index contributed by atoms with van der Waals surface area (Å²) in [6.45, 7) is 2.64. The van der Waals surface area contributed by atoms with Crippen LogP contribution in [0.25, 0.3) is 11.0 Å². The Kier molecular flexibility index (Phi) is 5.29. The molecule has 5 nitrogen and oxygen atoms in total. The number of nitrogens with zero attached hydrogens (tertiary/aromatic N) is 1. The smallest absolute Gasteiger partial charge is 0.166 e. The van der Waals surface area contributed by atoms with Crippen LogP contribution < -0.4 is 10.5 Å². The summed E-state index contributed by atoms with van der Waals surface area (Å²) in [7, 11) is 0. The lowest BCUT2D eigenvalue weighted by atomic mass is 10.2. The van der Waals surface area contributed by atoms with Crippen molar-refractivity contribution in [3.63, 3.8) is 0 Å². The number of unbranched alkanes of at least 4 members (excludes halogenated alkanes) is 1. The molecule has 1 heterocycles. The number of thioether (sulfide) groups is 1. The number of hydrogen-bond acceptors (Lipinski definition) is 4. The number of hydrogen-bond donors (Lipinski definition) is 3. The van der Waals surface area contributed by atoms with Crippen molar-refractivity contribution in [2.75, 3.05) is 12.4 Å². The second-order valence-electron chi connectivity index (χ2n) is 4.48. The number of H-pyrrole nitrogens is 1. The lowest BCUT2D eigenvalue weighted by Gasteiger charge is -2.00. The van der Waals surface area contributed by atoms with Crippen LogP contribution in [0.4, 0.5) is 0 Å². The van der Waals surface area contributed by atoms with E-state index >= 15 is 0 Å². The van der Waals surface area contributed by atoms with Gasteiger partial charge in [0.15, 0.2) is 5.16 Å². The third-order valence-electron chi connectivity index (χ3n) is 2.82. The molecule has 0 saturated carbocycles. The summed E-state index contributed by atoms with van der Waals surface area (Å²) in [5.74, 6) is 2.11. The van der Waals surface area contributed by atoms with Crippen LogP contribution in [-0.4, -0.2) is 28.2 Å². The van der Waals surface area contributed by atoms with E-state index in [0.717, 1.165) is 40.5 Å². The van der Waals surface area contributed by atoms with Crippen molar-refractivity contribution in [2.45, 2.75) is 31.3 Å². The molecule has 0 aliphatic rings. The van der Waals surface area contributed by atoms with E-state index in [-0.39, 0.29) is 5.84 Å². The topological polar surface area (TPSA) is 87.8 Å². The van der Waals surface area contributed by atoms with E-state index in [0.29, 0.717) is 13.0 Å². The van der Waals surface area contributed by atoms with E-state index in [1.54, 1.807) is 11.8 Å². The Hall–Kier alpha value is -1.69. The molecule has 0 fully saturated rings. The molecule has 0 spiro atoms. The largest absolute Gasteiger partial charge is 0.494 e. The molecule has 0 aliphatic heterocycles. The molecule has 1 aromatic heterocycles. The third kappa shape index (κ3) is 4.16. The molecule has 0 saturated heterocycles. The number of nitrogens with two attached hydrogens (primary N) is 1. The molecule has 0 bridgehead atoms. The molecule has 2 rings (SSSR count). The first-order valence-corrected chi connectivity index (χ1v) is 7.76. The summed E-state index contributed by atoms with van der Waals surface area (Å²) in [5, 5.41) is 8.09. The van der Waals surface area contributed by atoms with Gasteiger partial charge in [-0.05, 0) is 31.9 Å². The standard InChI is InChI=1S/C14H20N4OS/c1-2-19-10-6-7-11-12(9-10)18-14(17-11)20-8-4-3-5-13(15)16/h6-7,9H,2-5,8H2,1H3,(H3,15,16)(H,17,18). The molecule has 6 heteroatoms. The summed E-state index contributed by atoms with van der Waals surface area (Å²) < 4.78 is 5.47. The van der Waals surface area contributed by atoms with E-state index in [9.17, 15) is 0 Å². The summed E-state index contributed by atoms with van der Waals surface area (Å²) in [5.41, 5.74) is 7.28. The normalized spacial score (nSPS) is 10.8. The minimum atomic E-state index is 0.266.